The number of nitrogens with zero attached hydrogens (tertiary/aromatic N) is 2. The van der Waals surface area contributed by atoms with Gasteiger partial charge in [0, 0.05) is 17.0 Å². The predicted octanol–water partition coefficient (Wildman–Crippen LogP) is 4.36. The maximum atomic E-state index is 10.6. The number of rotatable bonds is 3. The second-order valence-corrected chi connectivity index (χ2v) is 6.15. The molecular weight excluding hydrogens is 280 g/mol. The van der Waals surface area contributed by atoms with Crippen LogP contribution in [-0.2, 0) is 0 Å². The lowest BCUT2D eigenvalue weighted by molar-refractivity contribution is -0.384. The minimum absolute atomic E-state index is 0.105. The maximum Gasteiger partial charge on any atom is 0.269 e. The molecule has 6 heteroatoms. The van der Waals surface area contributed by atoms with E-state index >= 15 is 0 Å². The van der Waals surface area contributed by atoms with Crippen LogP contribution in [0.15, 0.2) is 57.8 Å². The first-order chi connectivity index (χ1) is 9.22. The Bertz CT molecular complexity index is 705. The van der Waals surface area contributed by atoms with Crippen molar-refractivity contribution in [3.8, 4) is 0 Å². The van der Waals surface area contributed by atoms with E-state index in [0.29, 0.717) is 0 Å². The van der Waals surface area contributed by atoms with Crippen molar-refractivity contribution in [1.82, 2.24) is 4.98 Å². The van der Waals surface area contributed by atoms with Crippen molar-refractivity contribution in [1.29, 1.82) is 0 Å². The summed E-state index contributed by atoms with van der Waals surface area (Å²) >= 11 is 3.14. The molecule has 0 aliphatic rings. The molecule has 0 amide bonds. The summed E-state index contributed by atoms with van der Waals surface area (Å²) in [7, 11) is 0. The third-order valence-electron chi connectivity index (χ3n) is 2.53. The number of nitro benzene ring substituents is 1. The Labute approximate surface area is 117 Å². The summed E-state index contributed by atoms with van der Waals surface area (Å²) in [6, 6.07) is 14.5. The number of para-hydroxylation sites is 1. The summed E-state index contributed by atoms with van der Waals surface area (Å²) in [6.07, 6.45) is 0. The van der Waals surface area contributed by atoms with E-state index in [4.69, 9.17) is 0 Å². The number of thiazole rings is 1. The van der Waals surface area contributed by atoms with E-state index < -0.39 is 4.92 Å². The molecule has 2 aromatic carbocycles. The first-order valence-corrected chi connectivity index (χ1v) is 7.13. The fourth-order valence-corrected chi connectivity index (χ4v) is 3.67. The van der Waals surface area contributed by atoms with Gasteiger partial charge in [0.25, 0.3) is 5.69 Å². The van der Waals surface area contributed by atoms with Crippen LogP contribution in [0.4, 0.5) is 5.69 Å². The van der Waals surface area contributed by atoms with Crippen molar-refractivity contribution in [2.24, 2.45) is 0 Å². The Hall–Kier alpha value is -1.92. The lowest BCUT2D eigenvalue weighted by Gasteiger charge is -1.96. The van der Waals surface area contributed by atoms with Gasteiger partial charge >= 0.3 is 0 Å². The fraction of sp³-hybridized carbons (Fsp3) is 0. The highest BCUT2D eigenvalue weighted by atomic mass is 32.2. The molecule has 4 nitrogen and oxygen atoms in total. The minimum Gasteiger partial charge on any atom is -0.258 e. The number of nitro groups is 1. The van der Waals surface area contributed by atoms with Gasteiger partial charge in [0.05, 0.1) is 15.1 Å². The Balaban J connectivity index is 1.86. The van der Waals surface area contributed by atoms with Gasteiger partial charge in [-0.05, 0) is 24.3 Å². The molecule has 19 heavy (non-hydrogen) atoms. The Morgan fingerprint density at radius 3 is 2.53 bits per heavy atom. The molecule has 0 N–H and O–H groups in total. The van der Waals surface area contributed by atoms with Crippen molar-refractivity contribution >= 4 is 39.0 Å². The smallest absolute Gasteiger partial charge is 0.258 e. The third-order valence-corrected chi connectivity index (χ3v) is 4.63. The maximum absolute atomic E-state index is 10.6. The van der Waals surface area contributed by atoms with Crippen LogP contribution in [0, 0.1) is 10.1 Å². The van der Waals surface area contributed by atoms with Crippen molar-refractivity contribution in [3.05, 3.63) is 58.6 Å². The number of non-ortho nitro benzene ring substituents is 1. The van der Waals surface area contributed by atoms with Crippen molar-refractivity contribution in [2.75, 3.05) is 0 Å². The largest absolute Gasteiger partial charge is 0.269 e. The van der Waals surface area contributed by atoms with Crippen LogP contribution in [0.5, 0.6) is 0 Å². The van der Waals surface area contributed by atoms with E-state index in [1.807, 2.05) is 24.3 Å². The molecular formula is C13H8N2O2S2. The van der Waals surface area contributed by atoms with Gasteiger partial charge in [-0.15, -0.1) is 11.3 Å². The van der Waals surface area contributed by atoms with Gasteiger partial charge in [-0.1, -0.05) is 23.9 Å². The molecule has 0 spiro atoms. The average molecular weight is 288 g/mol. The first kappa shape index (κ1) is 12.1. The number of benzene rings is 2. The molecule has 0 atom stereocenters. The summed E-state index contributed by atoms with van der Waals surface area (Å²) in [5.74, 6) is 0. The SMILES string of the molecule is O=[N+]([O-])c1ccc(Sc2nc3ccccc3s2)cc1. The van der Waals surface area contributed by atoms with E-state index in [1.54, 1.807) is 23.5 Å². The van der Waals surface area contributed by atoms with Gasteiger partial charge in [0.1, 0.15) is 0 Å². The van der Waals surface area contributed by atoms with Crippen molar-refractivity contribution in [2.45, 2.75) is 9.24 Å². The van der Waals surface area contributed by atoms with Crippen LogP contribution in [0.1, 0.15) is 0 Å². The molecule has 0 unspecified atom stereocenters. The van der Waals surface area contributed by atoms with Crippen LogP contribution >= 0.6 is 23.1 Å². The zero-order chi connectivity index (χ0) is 13.2. The molecule has 0 aliphatic carbocycles. The fourth-order valence-electron chi connectivity index (χ4n) is 1.63. The number of hydrogen-bond acceptors (Lipinski definition) is 5. The standard InChI is InChI=1S/C13H8N2O2S2/c16-15(17)9-5-7-10(8-6-9)18-13-14-11-3-1-2-4-12(11)19-13/h1-8H. The summed E-state index contributed by atoms with van der Waals surface area (Å²) in [6.45, 7) is 0. The second-order valence-electron chi connectivity index (χ2n) is 3.80. The molecule has 0 aliphatic heterocycles. The van der Waals surface area contributed by atoms with Gasteiger partial charge in [-0.2, -0.15) is 0 Å². The Morgan fingerprint density at radius 1 is 1.11 bits per heavy atom. The summed E-state index contributed by atoms with van der Waals surface area (Å²) in [4.78, 5) is 15.6. The van der Waals surface area contributed by atoms with E-state index in [-0.39, 0.29) is 5.69 Å². The van der Waals surface area contributed by atoms with E-state index in [9.17, 15) is 10.1 Å². The number of aromatic nitrogens is 1. The monoisotopic (exact) mass is 288 g/mol. The van der Waals surface area contributed by atoms with Crippen LogP contribution in [0.2, 0.25) is 0 Å². The quantitative estimate of drug-likeness (QED) is 0.531. The van der Waals surface area contributed by atoms with Crippen LogP contribution < -0.4 is 0 Å². The van der Waals surface area contributed by atoms with Crippen LogP contribution in [-0.4, -0.2) is 9.91 Å². The average Bonchev–Trinajstić information content (AvgIpc) is 2.81. The third kappa shape index (κ3) is 2.59. The summed E-state index contributed by atoms with van der Waals surface area (Å²) < 4.78 is 2.09. The van der Waals surface area contributed by atoms with E-state index in [1.165, 1.54) is 23.9 Å². The number of hydrogen-bond donors (Lipinski definition) is 0. The summed E-state index contributed by atoms with van der Waals surface area (Å²) in [5, 5.41) is 10.6. The highest BCUT2D eigenvalue weighted by molar-refractivity contribution is 8.01. The molecule has 3 rings (SSSR count). The number of fused-ring (bicyclic) bond motifs is 1. The van der Waals surface area contributed by atoms with Gasteiger partial charge < -0.3 is 0 Å². The zero-order valence-electron chi connectivity index (χ0n) is 9.65. The summed E-state index contributed by atoms with van der Waals surface area (Å²) in [5.41, 5.74) is 1.09. The van der Waals surface area contributed by atoms with Gasteiger partial charge in [0.15, 0.2) is 4.34 Å². The molecule has 0 saturated heterocycles. The molecule has 0 radical (unpaired) electrons. The Morgan fingerprint density at radius 2 is 1.84 bits per heavy atom. The van der Waals surface area contributed by atoms with Crippen LogP contribution in [0.25, 0.3) is 10.2 Å². The highest BCUT2D eigenvalue weighted by Crippen LogP contribution is 2.34. The van der Waals surface area contributed by atoms with Crippen LogP contribution in [0.3, 0.4) is 0 Å². The Kier molecular flexibility index (Phi) is 3.18. The molecule has 3 aromatic rings. The van der Waals surface area contributed by atoms with Crippen molar-refractivity contribution < 1.29 is 4.92 Å². The molecule has 1 heterocycles. The normalized spacial score (nSPS) is 10.7. The van der Waals surface area contributed by atoms with E-state index in [2.05, 4.69) is 4.98 Å². The van der Waals surface area contributed by atoms with Gasteiger partial charge in [-0.25, -0.2) is 4.98 Å². The zero-order valence-corrected chi connectivity index (χ0v) is 11.3. The van der Waals surface area contributed by atoms with Gasteiger partial charge in [-0.3, -0.25) is 10.1 Å². The topological polar surface area (TPSA) is 56.0 Å². The molecule has 94 valence electrons. The lowest BCUT2D eigenvalue weighted by Crippen LogP contribution is -1.86. The minimum atomic E-state index is -0.397. The molecule has 0 saturated carbocycles. The lowest BCUT2D eigenvalue weighted by atomic mass is 10.3. The second kappa shape index (κ2) is 4.99. The predicted molar refractivity (Wildman–Crippen MR) is 76.8 cm³/mol. The highest BCUT2D eigenvalue weighted by Gasteiger charge is 2.07. The van der Waals surface area contributed by atoms with Gasteiger partial charge in [0.2, 0.25) is 0 Å². The molecule has 0 fully saturated rings. The first-order valence-electron chi connectivity index (χ1n) is 5.50. The van der Waals surface area contributed by atoms with E-state index in [0.717, 1.165) is 19.5 Å². The van der Waals surface area contributed by atoms with Crippen molar-refractivity contribution in [3.63, 3.8) is 0 Å². The molecule has 1 aromatic heterocycles. The molecule has 0 bridgehead atoms.